The second kappa shape index (κ2) is 7.60. The van der Waals surface area contributed by atoms with Gasteiger partial charge in [0.05, 0.1) is 25.6 Å². The van der Waals surface area contributed by atoms with Crippen LogP contribution >= 0.6 is 0 Å². The molecule has 7 nitrogen and oxygen atoms in total. The van der Waals surface area contributed by atoms with Gasteiger partial charge in [-0.2, -0.15) is 0 Å². The number of ether oxygens (including phenoxy) is 2. The summed E-state index contributed by atoms with van der Waals surface area (Å²) in [6, 6.07) is 12.9. The van der Waals surface area contributed by atoms with E-state index in [2.05, 4.69) is 15.0 Å². The van der Waals surface area contributed by atoms with Crippen LogP contribution in [0.5, 0.6) is 11.6 Å². The van der Waals surface area contributed by atoms with Gasteiger partial charge in [0.15, 0.2) is 11.4 Å². The molecule has 0 radical (unpaired) electrons. The summed E-state index contributed by atoms with van der Waals surface area (Å²) in [6.45, 7) is 0. The number of hydrogen-bond donors (Lipinski definition) is 1. The molecule has 3 aromatic rings. The molecule has 1 aromatic carbocycles. The molecular formula is C19H18N4O3. The average molecular weight is 350 g/mol. The number of methoxy groups -OCH3 is 2. The van der Waals surface area contributed by atoms with Crippen LogP contribution in [0, 0.1) is 0 Å². The summed E-state index contributed by atoms with van der Waals surface area (Å²) < 4.78 is 10.4. The van der Waals surface area contributed by atoms with E-state index < -0.39 is 5.91 Å². The Kier molecular flexibility index (Phi) is 5.07. The van der Waals surface area contributed by atoms with E-state index in [0.717, 1.165) is 11.3 Å². The van der Waals surface area contributed by atoms with Crippen LogP contribution in [0.15, 0.2) is 48.7 Å². The number of aromatic nitrogens is 3. The molecule has 2 heterocycles. The highest BCUT2D eigenvalue weighted by molar-refractivity contribution is 5.96. The zero-order valence-electron chi connectivity index (χ0n) is 14.5. The van der Waals surface area contributed by atoms with Crippen molar-refractivity contribution in [3.8, 4) is 22.9 Å². The van der Waals surface area contributed by atoms with Crippen LogP contribution in [0.3, 0.4) is 0 Å². The van der Waals surface area contributed by atoms with Crippen LogP contribution in [0.25, 0.3) is 11.3 Å². The lowest BCUT2D eigenvalue weighted by atomic mass is 10.1. The summed E-state index contributed by atoms with van der Waals surface area (Å²) in [5, 5.41) is 0. The molecule has 1 amide bonds. The van der Waals surface area contributed by atoms with Crippen molar-refractivity contribution in [1.82, 2.24) is 15.0 Å². The molecule has 0 aliphatic heterocycles. The van der Waals surface area contributed by atoms with Crippen molar-refractivity contribution in [2.45, 2.75) is 6.42 Å². The topological polar surface area (TPSA) is 100 Å². The summed E-state index contributed by atoms with van der Waals surface area (Å²) in [6.07, 6.45) is 1.96. The Labute approximate surface area is 150 Å². The first-order chi connectivity index (χ1) is 12.6. The van der Waals surface area contributed by atoms with E-state index in [4.69, 9.17) is 15.2 Å². The van der Waals surface area contributed by atoms with E-state index in [1.807, 2.05) is 36.4 Å². The number of rotatable bonds is 6. The van der Waals surface area contributed by atoms with Crippen LogP contribution in [0.2, 0.25) is 0 Å². The molecular weight excluding hydrogens is 332 g/mol. The number of nitrogens with zero attached hydrogens (tertiary/aromatic N) is 3. The van der Waals surface area contributed by atoms with E-state index in [0.29, 0.717) is 29.4 Å². The zero-order valence-corrected chi connectivity index (χ0v) is 14.5. The molecule has 2 N–H and O–H groups in total. The Bertz CT molecular complexity index is 929. The largest absolute Gasteiger partial charge is 0.491 e. The SMILES string of the molecule is COc1ccc(Cc2cnc(C(N)=O)c(-c3ccccc3)n2)nc1OC. The van der Waals surface area contributed by atoms with Gasteiger partial charge in [-0.1, -0.05) is 30.3 Å². The molecule has 0 fully saturated rings. The number of carbonyl (C=O) groups excluding carboxylic acids is 1. The molecule has 0 saturated heterocycles. The maximum atomic E-state index is 11.7. The van der Waals surface area contributed by atoms with Crippen molar-refractivity contribution in [1.29, 1.82) is 0 Å². The first kappa shape index (κ1) is 17.3. The summed E-state index contributed by atoms with van der Waals surface area (Å²) in [5.74, 6) is 0.332. The van der Waals surface area contributed by atoms with E-state index in [9.17, 15) is 4.79 Å². The van der Waals surface area contributed by atoms with Crippen molar-refractivity contribution in [2.75, 3.05) is 14.2 Å². The van der Waals surface area contributed by atoms with E-state index >= 15 is 0 Å². The van der Waals surface area contributed by atoms with Crippen molar-refractivity contribution < 1.29 is 14.3 Å². The third-order valence-corrected chi connectivity index (χ3v) is 3.76. The van der Waals surface area contributed by atoms with Crippen LogP contribution in [-0.4, -0.2) is 35.1 Å². The molecule has 0 aliphatic carbocycles. The third-order valence-electron chi connectivity index (χ3n) is 3.76. The van der Waals surface area contributed by atoms with Crippen molar-refractivity contribution >= 4 is 5.91 Å². The Hall–Kier alpha value is -3.48. The Balaban J connectivity index is 1.98. The van der Waals surface area contributed by atoms with Crippen LogP contribution in [0.1, 0.15) is 21.9 Å². The molecule has 0 bridgehead atoms. The molecule has 26 heavy (non-hydrogen) atoms. The Morgan fingerprint density at radius 1 is 1.00 bits per heavy atom. The molecule has 0 unspecified atom stereocenters. The lowest BCUT2D eigenvalue weighted by Gasteiger charge is -2.10. The summed E-state index contributed by atoms with van der Waals surface area (Å²) in [7, 11) is 3.09. The predicted octanol–water partition coefficient (Wildman–Crippen LogP) is 2.25. The van der Waals surface area contributed by atoms with Gasteiger partial charge in [0, 0.05) is 18.2 Å². The summed E-state index contributed by atoms with van der Waals surface area (Å²) in [5.41, 5.74) is 8.21. The van der Waals surface area contributed by atoms with Gasteiger partial charge in [-0.25, -0.2) is 15.0 Å². The fourth-order valence-electron chi connectivity index (χ4n) is 2.54. The standard InChI is InChI=1S/C19H18N4O3/c1-25-15-9-8-13(23-19(15)26-2)10-14-11-21-17(18(20)24)16(22-14)12-6-4-3-5-7-12/h3-9,11H,10H2,1-2H3,(H2,20,24). The number of carbonyl (C=O) groups is 1. The maximum absolute atomic E-state index is 11.7. The number of pyridine rings is 1. The van der Waals surface area contributed by atoms with Crippen molar-refractivity contribution in [3.63, 3.8) is 0 Å². The molecule has 0 aliphatic rings. The highest BCUT2D eigenvalue weighted by atomic mass is 16.5. The number of primary amides is 1. The number of benzene rings is 1. The quantitative estimate of drug-likeness (QED) is 0.732. The highest BCUT2D eigenvalue weighted by Gasteiger charge is 2.15. The molecule has 2 aromatic heterocycles. The van der Waals surface area contributed by atoms with Gasteiger partial charge >= 0.3 is 0 Å². The van der Waals surface area contributed by atoms with Gasteiger partial charge in [-0.3, -0.25) is 4.79 Å². The van der Waals surface area contributed by atoms with Gasteiger partial charge in [0.1, 0.15) is 5.69 Å². The molecule has 3 rings (SSSR count). The summed E-state index contributed by atoms with van der Waals surface area (Å²) in [4.78, 5) is 24.9. The van der Waals surface area contributed by atoms with Gasteiger partial charge in [-0.15, -0.1) is 0 Å². The number of hydrogen-bond acceptors (Lipinski definition) is 6. The zero-order chi connectivity index (χ0) is 18.5. The van der Waals surface area contributed by atoms with E-state index in [1.54, 1.807) is 13.2 Å². The normalized spacial score (nSPS) is 10.4. The smallest absolute Gasteiger partial charge is 0.269 e. The fraction of sp³-hybridized carbons (Fsp3) is 0.158. The first-order valence-electron chi connectivity index (χ1n) is 7.91. The van der Waals surface area contributed by atoms with Gasteiger partial charge < -0.3 is 15.2 Å². The predicted molar refractivity (Wildman–Crippen MR) is 96.1 cm³/mol. The Morgan fingerprint density at radius 3 is 2.42 bits per heavy atom. The third kappa shape index (κ3) is 3.61. The second-order valence-corrected chi connectivity index (χ2v) is 5.48. The van der Waals surface area contributed by atoms with Gasteiger partial charge in [-0.05, 0) is 12.1 Å². The monoisotopic (exact) mass is 350 g/mol. The van der Waals surface area contributed by atoms with E-state index in [1.165, 1.54) is 13.3 Å². The lowest BCUT2D eigenvalue weighted by molar-refractivity contribution is 0.0996. The Morgan fingerprint density at radius 2 is 1.77 bits per heavy atom. The van der Waals surface area contributed by atoms with Crippen LogP contribution in [0.4, 0.5) is 0 Å². The fourth-order valence-corrected chi connectivity index (χ4v) is 2.54. The number of amides is 1. The molecule has 7 heteroatoms. The lowest BCUT2D eigenvalue weighted by Crippen LogP contribution is -2.16. The maximum Gasteiger partial charge on any atom is 0.269 e. The van der Waals surface area contributed by atoms with Gasteiger partial charge in [0.2, 0.25) is 0 Å². The van der Waals surface area contributed by atoms with Gasteiger partial charge in [0.25, 0.3) is 11.8 Å². The molecule has 0 saturated carbocycles. The highest BCUT2D eigenvalue weighted by Crippen LogP contribution is 2.25. The van der Waals surface area contributed by atoms with Crippen molar-refractivity contribution in [2.24, 2.45) is 5.73 Å². The molecule has 0 atom stereocenters. The van der Waals surface area contributed by atoms with Crippen LogP contribution < -0.4 is 15.2 Å². The minimum Gasteiger partial charge on any atom is -0.491 e. The summed E-state index contributed by atoms with van der Waals surface area (Å²) >= 11 is 0. The van der Waals surface area contributed by atoms with E-state index in [-0.39, 0.29) is 5.69 Å². The molecule has 132 valence electrons. The molecule has 0 spiro atoms. The second-order valence-electron chi connectivity index (χ2n) is 5.48. The van der Waals surface area contributed by atoms with Crippen LogP contribution in [-0.2, 0) is 6.42 Å². The minimum atomic E-state index is -0.618. The minimum absolute atomic E-state index is 0.139. The first-order valence-corrected chi connectivity index (χ1v) is 7.91. The average Bonchev–Trinajstić information content (AvgIpc) is 2.68. The van der Waals surface area contributed by atoms with Crippen molar-refractivity contribution in [3.05, 3.63) is 65.7 Å². The number of nitrogens with two attached hydrogens (primary N) is 1.